The van der Waals surface area contributed by atoms with Crippen molar-refractivity contribution in [2.75, 3.05) is 7.11 Å². The zero-order valence-electron chi connectivity index (χ0n) is 16.2. The second-order valence-corrected chi connectivity index (χ2v) is 7.12. The normalized spacial score (nSPS) is 17.8. The van der Waals surface area contributed by atoms with Gasteiger partial charge >= 0.3 is 0 Å². The van der Waals surface area contributed by atoms with Gasteiger partial charge in [-0.1, -0.05) is 6.07 Å². The summed E-state index contributed by atoms with van der Waals surface area (Å²) in [5.74, 6) is -4.72. The van der Waals surface area contributed by atoms with Gasteiger partial charge in [0.1, 0.15) is 5.82 Å². The number of methoxy groups -OCH3 is 1. The first-order chi connectivity index (χ1) is 14.2. The van der Waals surface area contributed by atoms with Crippen LogP contribution >= 0.6 is 0 Å². The molecule has 1 aromatic heterocycles. The standard InChI is InChI=1S/C14H15F2N3O.C7H6F2O/c15-14(16)5-1-2-9(7-14)13-18-10-4-3-8(12(17)20)6-11(10)19-13;1-10-6-4-2-3-5(8)7(6)9/h3-4,6,9H,1-2,5,7H2,(H2,17,20)(H,18,19);2-4H,1H3/t9-;/m0./s1. The zero-order valence-corrected chi connectivity index (χ0v) is 16.2. The molecule has 1 aliphatic rings. The Morgan fingerprint density at radius 1 is 1.27 bits per heavy atom. The Kier molecular flexibility index (Phi) is 6.28. The van der Waals surface area contributed by atoms with Crippen molar-refractivity contribution in [3.05, 3.63) is 59.4 Å². The number of nitrogens with one attached hydrogen (secondary N) is 1. The SMILES string of the molecule is COc1cccc(F)c1F.NC(=O)c1ccc2nc([C@H]3CCCC(F)(F)C3)[nH]c2c1. The van der Waals surface area contributed by atoms with E-state index in [9.17, 15) is 22.4 Å². The number of H-pyrrole nitrogens is 1. The number of hydrogen-bond donors (Lipinski definition) is 2. The molecule has 4 rings (SSSR count). The Morgan fingerprint density at radius 2 is 2.03 bits per heavy atom. The summed E-state index contributed by atoms with van der Waals surface area (Å²) in [6, 6.07) is 8.66. The quantitative estimate of drug-likeness (QED) is 0.587. The van der Waals surface area contributed by atoms with Gasteiger partial charge in [-0.05, 0) is 43.2 Å². The Labute approximate surface area is 170 Å². The lowest BCUT2D eigenvalue weighted by atomic mass is 9.86. The van der Waals surface area contributed by atoms with Crippen LogP contribution in [-0.4, -0.2) is 28.9 Å². The summed E-state index contributed by atoms with van der Waals surface area (Å²) < 4.78 is 56.2. The van der Waals surface area contributed by atoms with E-state index >= 15 is 0 Å². The molecule has 1 fully saturated rings. The first-order valence-electron chi connectivity index (χ1n) is 9.35. The Bertz CT molecular complexity index is 1050. The monoisotopic (exact) mass is 423 g/mol. The fraction of sp³-hybridized carbons (Fsp3) is 0.333. The second-order valence-electron chi connectivity index (χ2n) is 7.12. The van der Waals surface area contributed by atoms with Gasteiger partial charge in [0, 0.05) is 24.3 Å². The van der Waals surface area contributed by atoms with Crippen LogP contribution in [0.15, 0.2) is 36.4 Å². The summed E-state index contributed by atoms with van der Waals surface area (Å²) in [7, 11) is 1.29. The number of amides is 1. The molecule has 0 radical (unpaired) electrons. The van der Waals surface area contributed by atoms with Crippen LogP contribution in [0.25, 0.3) is 11.0 Å². The van der Waals surface area contributed by atoms with E-state index in [4.69, 9.17) is 5.73 Å². The maximum Gasteiger partial charge on any atom is 0.248 e. The largest absolute Gasteiger partial charge is 0.494 e. The smallest absolute Gasteiger partial charge is 0.248 e. The number of aromatic amines is 1. The number of carbonyl (C=O) groups excluding carboxylic acids is 1. The fourth-order valence-electron chi connectivity index (χ4n) is 3.42. The van der Waals surface area contributed by atoms with E-state index in [2.05, 4.69) is 14.7 Å². The molecule has 1 heterocycles. The molecule has 0 aliphatic heterocycles. The van der Waals surface area contributed by atoms with Gasteiger partial charge < -0.3 is 15.5 Å². The average molecular weight is 423 g/mol. The van der Waals surface area contributed by atoms with Crippen LogP contribution in [0.3, 0.4) is 0 Å². The van der Waals surface area contributed by atoms with E-state index in [-0.39, 0.29) is 24.5 Å². The molecule has 3 N–H and O–H groups in total. The van der Waals surface area contributed by atoms with Crippen LogP contribution in [0.4, 0.5) is 17.6 Å². The number of imidazole rings is 1. The van der Waals surface area contributed by atoms with Crippen LogP contribution in [-0.2, 0) is 0 Å². The molecule has 0 saturated heterocycles. The van der Waals surface area contributed by atoms with Crippen molar-refractivity contribution < 1.29 is 27.1 Å². The molecule has 1 saturated carbocycles. The van der Waals surface area contributed by atoms with E-state index in [0.717, 1.165) is 6.07 Å². The number of nitrogens with zero attached hydrogens (tertiary/aromatic N) is 1. The van der Waals surface area contributed by atoms with Gasteiger partial charge in [0.25, 0.3) is 0 Å². The highest BCUT2D eigenvalue weighted by Crippen LogP contribution is 2.41. The van der Waals surface area contributed by atoms with Crippen molar-refractivity contribution in [3.63, 3.8) is 0 Å². The first-order valence-corrected chi connectivity index (χ1v) is 9.35. The van der Waals surface area contributed by atoms with Gasteiger partial charge in [0.15, 0.2) is 11.6 Å². The second kappa shape index (κ2) is 8.73. The number of carbonyl (C=O) groups is 1. The van der Waals surface area contributed by atoms with Crippen molar-refractivity contribution in [2.45, 2.75) is 37.5 Å². The predicted molar refractivity (Wildman–Crippen MR) is 104 cm³/mol. The number of halogens is 4. The first kappa shape index (κ1) is 21.6. The van der Waals surface area contributed by atoms with Crippen molar-refractivity contribution in [3.8, 4) is 5.75 Å². The minimum atomic E-state index is -2.61. The molecular weight excluding hydrogens is 402 g/mol. The third-order valence-corrected chi connectivity index (χ3v) is 4.95. The molecule has 1 aliphatic carbocycles. The molecule has 0 unspecified atom stereocenters. The molecule has 0 spiro atoms. The molecule has 0 bridgehead atoms. The van der Waals surface area contributed by atoms with Crippen LogP contribution in [0.2, 0.25) is 0 Å². The molecule has 5 nitrogen and oxygen atoms in total. The van der Waals surface area contributed by atoms with Gasteiger partial charge in [0.05, 0.1) is 18.1 Å². The topological polar surface area (TPSA) is 81.0 Å². The number of primary amides is 1. The molecular formula is C21H21F4N3O2. The molecule has 1 amide bonds. The van der Waals surface area contributed by atoms with Crippen molar-refractivity contribution in [1.29, 1.82) is 0 Å². The van der Waals surface area contributed by atoms with Gasteiger partial charge in [-0.15, -0.1) is 0 Å². The Hall–Kier alpha value is -3.10. The third-order valence-electron chi connectivity index (χ3n) is 4.95. The van der Waals surface area contributed by atoms with Crippen molar-refractivity contribution in [2.24, 2.45) is 5.73 Å². The van der Waals surface area contributed by atoms with E-state index in [1.54, 1.807) is 18.2 Å². The molecule has 160 valence electrons. The molecule has 9 heteroatoms. The molecule has 2 aromatic carbocycles. The van der Waals surface area contributed by atoms with E-state index in [0.29, 0.717) is 35.3 Å². The van der Waals surface area contributed by atoms with Crippen LogP contribution in [0.5, 0.6) is 5.75 Å². The highest BCUT2D eigenvalue weighted by molar-refractivity contribution is 5.96. The fourth-order valence-corrected chi connectivity index (χ4v) is 3.42. The maximum atomic E-state index is 13.5. The molecule has 30 heavy (non-hydrogen) atoms. The van der Waals surface area contributed by atoms with E-state index < -0.39 is 23.5 Å². The molecule has 3 aromatic rings. The molecule has 1 atom stereocenters. The Balaban J connectivity index is 0.000000216. The summed E-state index contributed by atoms with van der Waals surface area (Å²) in [6.45, 7) is 0. The van der Waals surface area contributed by atoms with Gasteiger partial charge in [0.2, 0.25) is 17.6 Å². The third kappa shape index (κ3) is 4.90. The lowest BCUT2D eigenvalue weighted by Crippen LogP contribution is -2.25. The predicted octanol–water partition coefficient (Wildman–Crippen LogP) is 4.93. The van der Waals surface area contributed by atoms with E-state index in [1.165, 1.54) is 19.2 Å². The minimum absolute atomic E-state index is 0.0461. The Morgan fingerprint density at radius 3 is 2.67 bits per heavy atom. The summed E-state index contributed by atoms with van der Waals surface area (Å²) in [5, 5.41) is 0. The summed E-state index contributed by atoms with van der Waals surface area (Å²) in [6.07, 6.45) is 0.990. The lowest BCUT2D eigenvalue weighted by Gasteiger charge is -2.27. The number of ether oxygens (including phenoxy) is 1. The summed E-state index contributed by atoms with van der Waals surface area (Å²) in [4.78, 5) is 18.5. The van der Waals surface area contributed by atoms with E-state index in [1.807, 2.05) is 0 Å². The number of rotatable bonds is 3. The maximum absolute atomic E-state index is 13.5. The van der Waals surface area contributed by atoms with Crippen LogP contribution in [0.1, 0.15) is 47.8 Å². The summed E-state index contributed by atoms with van der Waals surface area (Å²) >= 11 is 0. The number of nitrogens with two attached hydrogens (primary N) is 1. The number of hydrogen-bond acceptors (Lipinski definition) is 3. The summed E-state index contributed by atoms with van der Waals surface area (Å²) in [5.41, 5.74) is 6.92. The minimum Gasteiger partial charge on any atom is -0.494 e. The highest BCUT2D eigenvalue weighted by Gasteiger charge is 2.37. The average Bonchev–Trinajstić information content (AvgIpc) is 3.13. The van der Waals surface area contributed by atoms with Gasteiger partial charge in [-0.25, -0.2) is 18.2 Å². The highest BCUT2D eigenvalue weighted by atomic mass is 19.3. The number of benzene rings is 2. The van der Waals surface area contributed by atoms with Crippen molar-refractivity contribution in [1.82, 2.24) is 9.97 Å². The van der Waals surface area contributed by atoms with Gasteiger partial charge in [-0.2, -0.15) is 4.39 Å². The number of alkyl halides is 2. The number of aromatic nitrogens is 2. The van der Waals surface area contributed by atoms with Crippen molar-refractivity contribution >= 4 is 16.9 Å². The number of fused-ring (bicyclic) bond motifs is 1. The zero-order chi connectivity index (χ0) is 21.9. The van der Waals surface area contributed by atoms with Crippen LogP contribution < -0.4 is 10.5 Å². The van der Waals surface area contributed by atoms with Gasteiger partial charge in [-0.3, -0.25) is 4.79 Å². The van der Waals surface area contributed by atoms with Crippen LogP contribution in [0, 0.1) is 11.6 Å². The lowest BCUT2D eigenvalue weighted by molar-refractivity contribution is -0.0416.